The van der Waals surface area contributed by atoms with Crippen molar-refractivity contribution < 1.29 is 8.42 Å². The Morgan fingerprint density at radius 3 is 3.00 bits per heavy atom. The zero-order valence-electron chi connectivity index (χ0n) is 11.5. The smallest absolute Gasteiger partial charge is 0.151 e. The van der Waals surface area contributed by atoms with Crippen LogP contribution < -0.4 is 5.32 Å². The quantitative estimate of drug-likeness (QED) is 0.942. The van der Waals surface area contributed by atoms with Crippen LogP contribution >= 0.6 is 11.6 Å². The number of rotatable bonds is 3. The zero-order chi connectivity index (χ0) is 14.9. The number of halogens is 1. The second-order valence-corrected chi connectivity index (χ2v) is 8.08. The predicted octanol–water partition coefficient (Wildman–Crippen LogP) is 2.56. The van der Waals surface area contributed by atoms with Crippen LogP contribution in [0.2, 0.25) is 5.02 Å². The molecule has 1 aromatic heterocycles. The van der Waals surface area contributed by atoms with Crippen molar-refractivity contribution in [1.82, 2.24) is 10.3 Å². The van der Waals surface area contributed by atoms with Crippen molar-refractivity contribution in [1.29, 1.82) is 0 Å². The van der Waals surface area contributed by atoms with E-state index in [1.165, 1.54) is 0 Å². The molecule has 6 heteroatoms. The van der Waals surface area contributed by atoms with Gasteiger partial charge in [-0.25, -0.2) is 8.42 Å². The lowest BCUT2D eigenvalue weighted by molar-refractivity contribution is 0.481. The summed E-state index contributed by atoms with van der Waals surface area (Å²) in [6.07, 6.45) is 3.38. The topological polar surface area (TPSA) is 59.1 Å². The first-order valence-electron chi connectivity index (χ1n) is 7.01. The molecule has 1 aromatic carbocycles. The molecule has 0 saturated carbocycles. The van der Waals surface area contributed by atoms with Gasteiger partial charge in [0.15, 0.2) is 9.84 Å². The van der Waals surface area contributed by atoms with Gasteiger partial charge in [-0.2, -0.15) is 0 Å². The highest BCUT2D eigenvalue weighted by Crippen LogP contribution is 2.25. The minimum Gasteiger partial charge on any atom is -0.309 e. The molecule has 4 nitrogen and oxygen atoms in total. The largest absolute Gasteiger partial charge is 0.309 e. The third kappa shape index (κ3) is 3.36. The van der Waals surface area contributed by atoms with Crippen molar-refractivity contribution in [2.45, 2.75) is 25.4 Å². The van der Waals surface area contributed by atoms with E-state index in [1.54, 1.807) is 6.20 Å². The number of nitrogens with one attached hydrogen (secondary N) is 1. The molecular formula is C15H17ClN2O2S. The fourth-order valence-corrected chi connectivity index (χ4v) is 4.66. The number of fused-ring (bicyclic) bond motifs is 1. The Bertz CT molecular complexity index is 761. The van der Waals surface area contributed by atoms with Crippen molar-refractivity contribution >= 4 is 32.3 Å². The molecular weight excluding hydrogens is 308 g/mol. The lowest BCUT2D eigenvalue weighted by atomic mass is 10.1. The van der Waals surface area contributed by atoms with Crippen LogP contribution in [0.1, 0.15) is 18.4 Å². The summed E-state index contributed by atoms with van der Waals surface area (Å²) in [7, 11) is -2.88. The van der Waals surface area contributed by atoms with Gasteiger partial charge in [-0.3, -0.25) is 4.98 Å². The first-order valence-corrected chi connectivity index (χ1v) is 9.21. The van der Waals surface area contributed by atoms with E-state index < -0.39 is 9.84 Å². The second kappa shape index (κ2) is 5.91. The predicted molar refractivity (Wildman–Crippen MR) is 85.3 cm³/mol. The van der Waals surface area contributed by atoms with E-state index in [0.29, 0.717) is 17.3 Å². The molecule has 2 aromatic rings. The summed E-state index contributed by atoms with van der Waals surface area (Å²) < 4.78 is 23.3. The van der Waals surface area contributed by atoms with E-state index in [4.69, 9.17) is 11.6 Å². The average molecular weight is 325 g/mol. The highest BCUT2D eigenvalue weighted by molar-refractivity contribution is 7.91. The highest BCUT2D eigenvalue weighted by Gasteiger charge is 2.24. The number of sulfone groups is 1. The van der Waals surface area contributed by atoms with E-state index in [9.17, 15) is 8.42 Å². The average Bonchev–Trinajstić information content (AvgIpc) is 2.46. The third-order valence-corrected chi connectivity index (χ3v) is 5.99. The summed E-state index contributed by atoms with van der Waals surface area (Å²) in [6.45, 7) is 0.602. The van der Waals surface area contributed by atoms with Crippen LogP contribution in [0.5, 0.6) is 0 Å². The zero-order valence-corrected chi connectivity index (χ0v) is 13.1. The van der Waals surface area contributed by atoms with Crippen molar-refractivity contribution in [3.05, 3.63) is 41.0 Å². The molecule has 3 rings (SSSR count). The SMILES string of the molecule is O=S1(=O)CCCC(NCc2ccc(Cl)c3cccnc23)C1. The number of aromatic nitrogens is 1. The van der Waals surface area contributed by atoms with E-state index >= 15 is 0 Å². The molecule has 1 aliphatic heterocycles. The minimum absolute atomic E-state index is 0.0261. The van der Waals surface area contributed by atoms with Crippen molar-refractivity contribution in [2.75, 3.05) is 11.5 Å². The highest BCUT2D eigenvalue weighted by atomic mass is 35.5. The van der Waals surface area contributed by atoms with Crippen LogP contribution in [0.3, 0.4) is 0 Å². The molecule has 0 aliphatic carbocycles. The number of benzene rings is 1. The lowest BCUT2D eigenvalue weighted by Crippen LogP contribution is -2.39. The summed E-state index contributed by atoms with van der Waals surface area (Å²) >= 11 is 6.18. The summed E-state index contributed by atoms with van der Waals surface area (Å²) in [6, 6.07) is 7.64. The molecule has 1 unspecified atom stereocenters. The van der Waals surface area contributed by atoms with Gasteiger partial charge >= 0.3 is 0 Å². The van der Waals surface area contributed by atoms with E-state index in [1.807, 2.05) is 24.3 Å². The maximum Gasteiger partial charge on any atom is 0.151 e. The first kappa shape index (κ1) is 14.8. The van der Waals surface area contributed by atoms with Gasteiger partial charge in [0.2, 0.25) is 0 Å². The van der Waals surface area contributed by atoms with Crippen LogP contribution in [-0.2, 0) is 16.4 Å². The second-order valence-electron chi connectivity index (χ2n) is 5.44. The minimum atomic E-state index is -2.88. The Hall–Kier alpha value is -1.17. The summed E-state index contributed by atoms with van der Waals surface area (Å²) in [5, 5.41) is 4.95. The molecule has 0 radical (unpaired) electrons. The molecule has 21 heavy (non-hydrogen) atoms. The Labute approximate surface area is 129 Å². The lowest BCUT2D eigenvalue weighted by Gasteiger charge is -2.23. The standard InChI is InChI=1S/C15H17ClN2O2S/c16-14-6-5-11(15-13(14)4-1-7-17-15)9-18-12-3-2-8-21(19,20)10-12/h1,4-7,12,18H,2-3,8-10H2. The van der Waals surface area contributed by atoms with Gasteiger partial charge in [0.05, 0.1) is 17.0 Å². The number of pyridine rings is 1. The fraction of sp³-hybridized carbons (Fsp3) is 0.400. The van der Waals surface area contributed by atoms with Gasteiger partial charge in [0, 0.05) is 29.2 Å². The molecule has 1 N–H and O–H groups in total. The van der Waals surface area contributed by atoms with Crippen LogP contribution in [0.15, 0.2) is 30.5 Å². The summed E-state index contributed by atoms with van der Waals surface area (Å²) in [5.41, 5.74) is 1.91. The molecule has 1 saturated heterocycles. The van der Waals surface area contributed by atoms with Gasteiger partial charge in [0.25, 0.3) is 0 Å². The van der Waals surface area contributed by atoms with Crippen LogP contribution in [0, 0.1) is 0 Å². The fourth-order valence-electron chi connectivity index (χ4n) is 2.78. The summed E-state index contributed by atoms with van der Waals surface area (Å²) in [5.74, 6) is 0.544. The molecule has 112 valence electrons. The van der Waals surface area contributed by atoms with Gasteiger partial charge < -0.3 is 5.32 Å². The van der Waals surface area contributed by atoms with Gasteiger partial charge in [0.1, 0.15) is 0 Å². The third-order valence-electron chi connectivity index (χ3n) is 3.84. The molecule has 1 atom stereocenters. The Morgan fingerprint density at radius 1 is 1.33 bits per heavy atom. The first-order chi connectivity index (χ1) is 10.1. The van der Waals surface area contributed by atoms with E-state index in [2.05, 4.69) is 10.3 Å². The molecule has 0 amide bonds. The monoisotopic (exact) mass is 324 g/mol. The molecule has 2 heterocycles. The Kier molecular flexibility index (Phi) is 4.15. The van der Waals surface area contributed by atoms with E-state index in [-0.39, 0.29) is 11.8 Å². The Morgan fingerprint density at radius 2 is 2.19 bits per heavy atom. The van der Waals surface area contributed by atoms with E-state index in [0.717, 1.165) is 29.3 Å². The van der Waals surface area contributed by atoms with Gasteiger partial charge in [-0.15, -0.1) is 0 Å². The van der Waals surface area contributed by atoms with Crippen LogP contribution in [-0.4, -0.2) is 30.9 Å². The number of nitrogens with zero attached hydrogens (tertiary/aromatic N) is 1. The van der Waals surface area contributed by atoms with Crippen molar-refractivity contribution in [3.63, 3.8) is 0 Å². The van der Waals surface area contributed by atoms with Crippen molar-refractivity contribution in [2.24, 2.45) is 0 Å². The normalized spacial score (nSPS) is 21.5. The molecule has 1 aliphatic rings. The molecule has 0 spiro atoms. The van der Waals surface area contributed by atoms with Crippen LogP contribution in [0.4, 0.5) is 0 Å². The van der Waals surface area contributed by atoms with Crippen LogP contribution in [0.25, 0.3) is 10.9 Å². The number of hydrogen-bond donors (Lipinski definition) is 1. The summed E-state index contributed by atoms with van der Waals surface area (Å²) in [4.78, 5) is 4.39. The Balaban J connectivity index is 1.78. The van der Waals surface area contributed by atoms with Gasteiger partial charge in [-0.1, -0.05) is 17.7 Å². The maximum atomic E-state index is 11.7. The molecule has 0 bridgehead atoms. The number of hydrogen-bond acceptors (Lipinski definition) is 4. The molecule has 1 fully saturated rings. The maximum absolute atomic E-state index is 11.7. The van der Waals surface area contributed by atoms with Crippen molar-refractivity contribution in [3.8, 4) is 0 Å². The van der Waals surface area contributed by atoms with Gasteiger partial charge in [-0.05, 0) is 36.6 Å².